The number of nitrogens with one attached hydrogen (secondary N) is 1. The summed E-state index contributed by atoms with van der Waals surface area (Å²) in [4.78, 5) is 26.2. The molecule has 2 amide bonds. The number of hydrogen-bond acceptors (Lipinski definition) is 6. The molecule has 0 unspecified atom stereocenters. The average Bonchev–Trinajstić information content (AvgIpc) is 3.23. The molecule has 3 N–H and O–H groups in total. The number of hydrogen-bond donors (Lipinski definition) is 2. The molecule has 1 fully saturated rings. The number of ether oxygens (including phenoxy) is 1. The lowest BCUT2D eigenvalue weighted by Crippen LogP contribution is -2.40. The molecule has 0 spiro atoms. The molecule has 0 bridgehead atoms. The Morgan fingerprint density at radius 1 is 1.16 bits per heavy atom. The average molecular weight is 434 g/mol. The summed E-state index contributed by atoms with van der Waals surface area (Å²) in [6.45, 7) is 2.11. The number of carbonyl (C=O) groups excluding carboxylic acids is 2. The summed E-state index contributed by atoms with van der Waals surface area (Å²) < 4.78 is 20.7. The highest BCUT2D eigenvalue weighted by molar-refractivity contribution is 5.97. The molecule has 2 heterocycles. The molecule has 0 saturated carbocycles. The highest BCUT2D eigenvalue weighted by Crippen LogP contribution is 2.25. The van der Waals surface area contributed by atoms with Crippen LogP contribution in [-0.2, 0) is 4.74 Å². The van der Waals surface area contributed by atoms with E-state index < -0.39 is 11.7 Å². The Balaban J connectivity index is 1.60. The van der Waals surface area contributed by atoms with Crippen LogP contribution in [0.2, 0.25) is 0 Å². The van der Waals surface area contributed by atoms with Crippen molar-refractivity contribution >= 4 is 23.2 Å². The van der Waals surface area contributed by atoms with E-state index >= 15 is 0 Å². The first kappa shape index (κ1) is 21.0. The predicted octanol–water partition coefficient (Wildman–Crippen LogP) is 2.20. The van der Waals surface area contributed by atoms with E-state index in [2.05, 4.69) is 10.4 Å². The van der Waals surface area contributed by atoms with E-state index in [-0.39, 0.29) is 28.5 Å². The summed E-state index contributed by atoms with van der Waals surface area (Å²) in [5.74, 6) is -1.57. The largest absolute Gasteiger partial charge is 0.378 e. The number of halogens is 1. The van der Waals surface area contributed by atoms with E-state index in [4.69, 9.17) is 10.5 Å². The van der Waals surface area contributed by atoms with E-state index in [0.29, 0.717) is 37.6 Å². The minimum absolute atomic E-state index is 0.0565. The summed E-state index contributed by atoms with van der Waals surface area (Å²) in [6.07, 6.45) is 1.38. The van der Waals surface area contributed by atoms with Crippen LogP contribution in [0.4, 0.5) is 15.8 Å². The van der Waals surface area contributed by atoms with Gasteiger partial charge in [-0.1, -0.05) is 6.07 Å². The molecule has 3 aromatic rings. The number of nitrogens with zero attached hydrogens (tertiary/aromatic N) is 4. The summed E-state index contributed by atoms with van der Waals surface area (Å²) in [5.41, 5.74) is 6.62. The highest BCUT2D eigenvalue weighted by atomic mass is 19.1. The minimum Gasteiger partial charge on any atom is -0.378 e. The van der Waals surface area contributed by atoms with Gasteiger partial charge in [0.15, 0.2) is 5.69 Å². The first-order valence-electron chi connectivity index (χ1n) is 9.80. The highest BCUT2D eigenvalue weighted by Gasteiger charge is 2.20. The molecular weight excluding hydrogens is 415 g/mol. The van der Waals surface area contributed by atoms with Crippen molar-refractivity contribution in [2.24, 2.45) is 5.73 Å². The molecule has 9 nitrogen and oxygen atoms in total. The van der Waals surface area contributed by atoms with Gasteiger partial charge in [0.05, 0.1) is 30.7 Å². The van der Waals surface area contributed by atoms with Crippen molar-refractivity contribution in [3.05, 3.63) is 71.3 Å². The molecule has 1 aliphatic heterocycles. The quantitative estimate of drug-likeness (QED) is 0.634. The van der Waals surface area contributed by atoms with Crippen molar-refractivity contribution < 1.29 is 18.7 Å². The maximum absolute atomic E-state index is 14.4. The molecular formula is C22H19FN6O3. The van der Waals surface area contributed by atoms with Crippen LogP contribution in [-0.4, -0.2) is 52.8 Å². The van der Waals surface area contributed by atoms with Crippen LogP contribution in [0.3, 0.4) is 0 Å². The second kappa shape index (κ2) is 8.87. The van der Waals surface area contributed by atoms with Gasteiger partial charge in [-0.05, 0) is 36.4 Å². The van der Waals surface area contributed by atoms with Crippen LogP contribution in [0.15, 0.2) is 48.7 Å². The Hall–Kier alpha value is -4.23. The lowest BCUT2D eigenvalue weighted by atomic mass is 10.1. The first-order chi connectivity index (χ1) is 15.5. The Morgan fingerprint density at radius 3 is 2.53 bits per heavy atom. The standard InChI is InChI=1S/C22H19FN6O3/c23-17-3-1-2-15(12-24)20(17)29-13-18(19(27-29)21(25)30)26-16-6-4-14(5-7-16)22(31)28-8-10-32-11-9-28/h1-7,13,26H,8-11H2,(H2,25,30). The van der Waals surface area contributed by atoms with Crippen LogP contribution in [0.5, 0.6) is 0 Å². The third-order valence-corrected chi connectivity index (χ3v) is 4.99. The van der Waals surface area contributed by atoms with E-state index in [1.807, 2.05) is 6.07 Å². The summed E-state index contributed by atoms with van der Waals surface area (Å²) in [7, 11) is 0. The number of amides is 2. The molecule has 10 heteroatoms. The van der Waals surface area contributed by atoms with Gasteiger partial charge in [-0.2, -0.15) is 10.4 Å². The van der Waals surface area contributed by atoms with Gasteiger partial charge in [0.1, 0.15) is 17.6 Å². The number of benzene rings is 2. The van der Waals surface area contributed by atoms with Crippen molar-refractivity contribution in [1.82, 2.24) is 14.7 Å². The Kier molecular flexibility index (Phi) is 5.83. The number of para-hydroxylation sites is 1. The Labute approximate surface area is 182 Å². The number of nitrogens with two attached hydrogens (primary N) is 1. The zero-order valence-electron chi connectivity index (χ0n) is 16.9. The van der Waals surface area contributed by atoms with Crippen molar-refractivity contribution in [3.63, 3.8) is 0 Å². The Morgan fingerprint density at radius 2 is 1.88 bits per heavy atom. The molecule has 0 atom stereocenters. The van der Waals surface area contributed by atoms with Gasteiger partial charge < -0.3 is 20.7 Å². The smallest absolute Gasteiger partial charge is 0.271 e. The monoisotopic (exact) mass is 434 g/mol. The van der Waals surface area contributed by atoms with Crippen LogP contribution in [0.1, 0.15) is 26.4 Å². The maximum Gasteiger partial charge on any atom is 0.271 e. The number of nitriles is 1. The second-order valence-electron chi connectivity index (χ2n) is 7.05. The second-order valence-corrected chi connectivity index (χ2v) is 7.05. The van der Waals surface area contributed by atoms with Crippen molar-refractivity contribution in [3.8, 4) is 11.8 Å². The molecule has 1 saturated heterocycles. The van der Waals surface area contributed by atoms with Crippen LogP contribution < -0.4 is 11.1 Å². The number of rotatable bonds is 5. The van der Waals surface area contributed by atoms with Crippen molar-refractivity contribution in [2.45, 2.75) is 0 Å². The Bertz CT molecular complexity index is 1210. The van der Waals surface area contributed by atoms with Gasteiger partial charge in [-0.3, -0.25) is 9.59 Å². The van der Waals surface area contributed by atoms with Crippen molar-refractivity contribution in [2.75, 3.05) is 31.6 Å². The van der Waals surface area contributed by atoms with Crippen LogP contribution in [0, 0.1) is 17.1 Å². The van der Waals surface area contributed by atoms with E-state index in [1.54, 1.807) is 29.2 Å². The SMILES string of the molecule is N#Cc1cccc(F)c1-n1cc(Nc2ccc(C(=O)N3CCOCC3)cc2)c(C(N)=O)n1. The third kappa shape index (κ3) is 4.14. The van der Waals surface area contributed by atoms with E-state index in [0.717, 1.165) is 4.68 Å². The van der Waals surface area contributed by atoms with Crippen LogP contribution in [0.25, 0.3) is 5.69 Å². The third-order valence-electron chi connectivity index (χ3n) is 4.99. The topological polar surface area (TPSA) is 126 Å². The fourth-order valence-electron chi connectivity index (χ4n) is 3.40. The lowest BCUT2D eigenvalue weighted by molar-refractivity contribution is 0.0303. The molecule has 1 aromatic heterocycles. The number of carbonyl (C=O) groups is 2. The molecule has 2 aromatic carbocycles. The molecule has 1 aliphatic rings. The number of aromatic nitrogens is 2. The molecule has 0 aliphatic carbocycles. The number of morpholine rings is 1. The van der Waals surface area contributed by atoms with Gasteiger partial charge in [-0.25, -0.2) is 9.07 Å². The van der Waals surface area contributed by atoms with Gasteiger partial charge in [0.25, 0.3) is 11.8 Å². The number of anilines is 2. The predicted molar refractivity (Wildman–Crippen MR) is 113 cm³/mol. The minimum atomic E-state index is -0.819. The normalized spacial score (nSPS) is 13.4. The van der Waals surface area contributed by atoms with Gasteiger partial charge in [0.2, 0.25) is 0 Å². The van der Waals surface area contributed by atoms with E-state index in [9.17, 15) is 19.2 Å². The lowest BCUT2D eigenvalue weighted by Gasteiger charge is -2.26. The van der Waals surface area contributed by atoms with Gasteiger partial charge >= 0.3 is 0 Å². The number of primary amides is 1. The fourth-order valence-corrected chi connectivity index (χ4v) is 3.40. The zero-order chi connectivity index (χ0) is 22.7. The fraction of sp³-hybridized carbons (Fsp3) is 0.182. The van der Waals surface area contributed by atoms with E-state index in [1.165, 1.54) is 24.4 Å². The molecule has 4 rings (SSSR count). The summed E-state index contributed by atoms with van der Waals surface area (Å²) in [6, 6.07) is 12.6. The van der Waals surface area contributed by atoms with Crippen molar-refractivity contribution in [1.29, 1.82) is 5.26 Å². The summed E-state index contributed by atoms with van der Waals surface area (Å²) in [5, 5.41) is 16.4. The molecule has 0 radical (unpaired) electrons. The molecule has 32 heavy (non-hydrogen) atoms. The first-order valence-corrected chi connectivity index (χ1v) is 9.80. The zero-order valence-corrected chi connectivity index (χ0v) is 16.9. The van der Waals surface area contributed by atoms with Gasteiger partial charge in [0, 0.05) is 24.3 Å². The molecule has 162 valence electrons. The van der Waals surface area contributed by atoms with Crippen LogP contribution >= 0.6 is 0 Å². The maximum atomic E-state index is 14.4. The summed E-state index contributed by atoms with van der Waals surface area (Å²) >= 11 is 0. The van der Waals surface area contributed by atoms with Gasteiger partial charge in [-0.15, -0.1) is 0 Å².